The Bertz CT molecular complexity index is 796. The van der Waals surface area contributed by atoms with Gasteiger partial charge in [-0.05, 0) is 36.8 Å². The van der Waals surface area contributed by atoms with Gasteiger partial charge in [-0.25, -0.2) is 0 Å². The quantitative estimate of drug-likeness (QED) is 0.762. The first-order valence-electron chi connectivity index (χ1n) is 7.73. The van der Waals surface area contributed by atoms with Crippen molar-refractivity contribution in [3.63, 3.8) is 0 Å². The van der Waals surface area contributed by atoms with E-state index in [0.717, 1.165) is 0 Å². The number of ether oxygens (including phenoxy) is 2. The van der Waals surface area contributed by atoms with E-state index in [1.165, 1.54) is 4.80 Å². The van der Waals surface area contributed by atoms with E-state index in [1.807, 2.05) is 6.92 Å². The number of amides is 1. The maximum absolute atomic E-state index is 12.1. The van der Waals surface area contributed by atoms with Crippen LogP contribution in [0.3, 0.4) is 0 Å². The molecular weight excluding hydrogens is 322 g/mol. The molecule has 0 fully saturated rings. The van der Waals surface area contributed by atoms with E-state index < -0.39 is 5.54 Å². The summed E-state index contributed by atoms with van der Waals surface area (Å²) < 4.78 is 10.5. The minimum absolute atomic E-state index is 0.0719. The van der Waals surface area contributed by atoms with Crippen molar-refractivity contribution in [3.05, 3.63) is 18.2 Å². The molecule has 0 aliphatic heterocycles. The molecule has 1 atom stereocenters. The van der Waals surface area contributed by atoms with Crippen molar-refractivity contribution >= 4 is 5.91 Å². The number of methoxy groups -OCH3 is 2. The summed E-state index contributed by atoms with van der Waals surface area (Å²) in [6, 6.07) is 5.28. The van der Waals surface area contributed by atoms with Crippen LogP contribution >= 0.6 is 0 Å². The lowest BCUT2D eigenvalue weighted by atomic mass is 10.0. The third-order valence-electron chi connectivity index (χ3n) is 3.82. The molecule has 8 heteroatoms. The summed E-state index contributed by atoms with van der Waals surface area (Å²) in [6.45, 7) is 3.62. The molecule has 0 spiro atoms. The Balaban J connectivity index is 2.13. The molecule has 1 N–H and O–H groups in total. The number of carbonyl (C=O) groups is 1. The Labute approximate surface area is 146 Å². The highest BCUT2D eigenvalue weighted by molar-refractivity contribution is 5.77. The highest BCUT2D eigenvalue weighted by Gasteiger charge is 2.22. The zero-order chi connectivity index (χ0) is 18.4. The zero-order valence-corrected chi connectivity index (χ0v) is 14.7. The fraction of sp³-hybridized carbons (Fsp3) is 0.412. The second kappa shape index (κ2) is 7.66. The number of tetrazole rings is 1. The average molecular weight is 343 g/mol. The van der Waals surface area contributed by atoms with Crippen LogP contribution in [0.15, 0.2) is 18.2 Å². The SMILES string of the molecule is C#C[C@](C)(CC)NC(=O)Cn1nnc(-c2ccc(OC)c(OC)c2)n1. The van der Waals surface area contributed by atoms with Gasteiger partial charge >= 0.3 is 0 Å². The topological polar surface area (TPSA) is 91.2 Å². The minimum atomic E-state index is -0.691. The molecule has 2 aromatic rings. The van der Waals surface area contributed by atoms with Crippen LogP contribution in [0.4, 0.5) is 0 Å². The summed E-state index contributed by atoms with van der Waals surface area (Å²) in [4.78, 5) is 13.3. The van der Waals surface area contributed by atoms with E-state index in [2.05, 4.69) is 26.6 Å². The monoisotopic (exact) mass is 343 g/mol. The smallest absolute Gasteiger partial charge is 0.244 e. The number of carbonyl (C=O) groups excluding carboxylic acids is 1. The van der Waals surface area contributed by atoms with Crippen molar-refractivity contribution in [2.24, 2.45) is 0 Å². The Morgan fingerprint density at radius 3 is 2.68 bits per heavy atom. The standard InChI is InChI=1S/C17H21N5O3/c1-6-17(3,7-2)18-15(23)11-22-20-16(19-21-22)12-8-9-13(24-4)14(10-12)25-5/h1,8-10H,7,11H2,2-5H3,(H,18,23)/t17-/m1/s1. The molecule has 1 aromatic carbocycles. The highest BCUT2D eigenvalue weighted by atomic mass is 16.5. The molecule has 1 heterocycles. The molecule has 25 heavy (non-hydrogen) atoms. The molecule has 1 aromatic heterocycles. The zero-order valence-electron chi connectivity index (χ0n) is 14.7. The lowest BCUT2D eigenvalue weighted by Crippen LogP contribution is -2.45. The van der Waals surface area contributed by atoms with Gasteiger partial charge in [0.05, 0.1) is 19.8 Å². The Morgan fingerprint density at radius 1 is 1.36 bits per heavy atom. The van der Waals surface area contributed by atoms with Gasteiger partial charge < -0.3 is 14.8 Å². The van der Waals surface area contributed by atoms with E-state index in [-0.39, 0.29) is 12.5 Å². The minimum Gasteiger partial charge on any atom is -0.493 e. The van der Waals surface area contributed by atoms with E-state index in [1.54, 1.807) is 39.3 Å². The normalized spacial score (nSPS) is 12.8. The second-order valence-corrected chi connectivity index (χ2v) is 5.59. The first-order chi connectivity index (χ1) is 11.9. The molecule has 0 saturated carbocycles. The van der Waals surface area contributed by atoms with E-state index >= 15 is 0 Å². The number of nitrogens with one attached hydrogen (secondary N) is 1. The van der Waals surface area contributed by atoms with Crippen LogP contribution in [0.2, 0.25) is 0 Å². The predicted octanol–water partition coefficient (Wildman–Crippen LogP) is 1.28. The number of benzene rings is 1. The Kier molecular flexibility index (Phi) is 5.60. The van der Waals surface area contributed by atoms with Gasteiger partial charge in [0.25, 0.3) is 0 Å². The van der Waals surface area contributed by atoms with Gasteiger partial charge in [-0.3, -0.25) is 4.79 Å². The molecule has 8 nitrogen and oxygen atoms in total. The van der Waals surface area contributed by atoms with Crippen molar-refractivity contribution in [2.75, 3.05) is 14.2 Å². The number of aromatic nitrogens is 4. The lowest BCUT2D eigenvalue weighted by molar-refractivity contribution is -0.123. The number of rotatable bonds is 7. The first kappa shape index (κ1) is 18.3. The Hall–Kier alpha value is -3.08. The van der Waals surface area contributed by atoms with Crippen molar-refractivity contribution in [1.29, 1.82) is 0 Å². The van der Waals surface area contributed by atoms with E-state index in [9.17, 15) is 4.79 Å². The number of terminal acetylenes is 1. The summed E-state index contributed by atoms with van der Waals surface area (Å²) >= 11 is 0. The first-order valence-corrected chi connectivity index (χ1v) is 7.73. The van der Waals surface area contributed by atoms with Crippen molar-refractivity contribution in [2.45, 2.75) is 32.4 Å². The molecule has 2 rings (SSSR count). The largest absolute Gasteiger partial charge is 0.493 e. The van der Waals surface area contributed by atoms with Crippen LogP contribution in [-0.4, -0.2) is 45.9 Å². The van der Waals surface area contributed by atoms with Crippen molar-refractivity contribution in [3.8, 4) is 35.2 Å². The molecule has 1 amide bonds. The van der Waals surface area contributed by atoms with Crippen LogP contribution in [0, 0.1) is 12.3 Å². The fourth-order valence-corrected chi connectivity index (χ4v) is 2.10. The van der Waals surface area contributed by atoms with E-state index in [4.69, 9.17) is 15.9 Å². The number of hydrogen-bond acceptors (Lipinski definition) is 6. The highest BCUT2D eigenvalue weighted by Crippen LogP contribution is 2.30. The summed E-state index contributed by atoms with van der Waals surface area (Å²) in [6.07, 6.45) is 6.08. The van der Waals surface area contributed by atoms with Gasteiger partial charge in [0.15, 0.2) is 11.5 Å². The lowest BCUT2D eigenvalue weighted by Gasteiger charge is -2.22. The maximum atomic E-state index is 12.1. The number of nitrogens with zero attached hydrogens (tertiary/aromatic N) is 4. The number of hydrogen-bond donors (Lipinski definition) is 1. The molecule has 0 unspecified atom stereocenters. The van der Waals surface area contributed by atoms with Gasteiger partial charge in [-0.15, -0.1) is 16.6 Å². The van der Waals surface area contributed by atoms with E-state index in [0.29, 0.717) is 29.3 Å². The fourth-order valence-electron chi connectivity index (χ4n) is 2.10. The predicted molar refractivity (Wildman–Crippen MR) is 92.0 cm³/mol. The molecule has 0 aliphatic rings. The molecule has 0 saturated heterocycles. The summed E-state index contributed by atoms with van der Waals surface area (Å²) in [5.74, 6) is 3.84. The molecule has 0 bridgehead atoms. The van der Waals surface area contributed by atoms with Gasteiger partial charge in [-0.2, -0.15) is 4.80 Å². The van der Waals surface area contributed by atoms with Crippen LogP contribution in [0.5, 0.6) is 11.5 Å². The maximum Gasteiger partial charge on any atom is 0.244 e. The van der Waals surface area contributed by atoms with Gasteiger partial charge in [-0.1, -0.05) is 12.8 Å². The second-order valence-electron chi connectivity index (χ2n) is 5.59. The molecule has 132 valence electrons. The van der Waals surface area contributed by atoms with Crippen LogP contribution in [0.25, 0.3) is 11.4 Å². The molecular formula is C17H21N5O3. The van der Waals surface area contributed by atoms with Gasteiger partial charge in [0.1, 0.15) is 6.54 Å². The van der Waals surface area contributed by atoms with Crippen molar-refractivity contribution in [1.82, 2.24) is 25.5 Å². The summed E-state index contributed by atoms with van der Waals surface area (Å²) in [7, 11) is 3.11. The van der Waals surface area contributed by atoms with Gasteiger partial charge in [0, 0.05) is 5.56 Å². The van der Waals surface area contributed by atoms with Crippen molar-refractivity contribution < 1.29 is 14.3 Å². The average Bonchev–Trinajstić information content (AvgIpc) is 3.09. The van der Waals surface area contributed by atoms with Crippen LogP contribution in [0.1, 0.15) is 20.3 Å². The van der Waals surface area contributed by atoms with Crippen LogP contribution in [-0.2, 0) is 11.3 Å². The Morgan fingerprint density at radius 2 is 2.08 bits per heavy atom. The third-order valence-corrected chi connectivity index (χ3v) is 3.82. The van der Waals surface area contributed by atoms with Crippen LogP contribution < -0.4 is 14.8 Å². The third kappa shape index (κ3) is 4.26. The van der Waals surface area contributed by atoms with Gasteiger partial charge in [0.2, 0.25) is 11.7 Å². The molecule has 0 radical (unpaired) electrons. The summed E-state index contributed by atoms with van der Waals surface area (Å²) in [5.41, 5.74) is 0.00967. The molecule has 0 aliphatic carbocycles. The summed E-state index contributed by atoms with van der Waals surface area (Å²) in [5, 5.41) is 14.9.